The molecule has 7 aromatic rings. The third kappa shape index (κ3) is 16.9. The van der Waals surface area contributed by atoms with E-state index in [1.807, 2.05) is 0 Å². The zero-order valence-corrected chi connectivity index (χ0v) is 52.9. The van der Waals surface area contributed by atoms with Crippen molar-refractivity contribution < 1.29 is 83.5 Å². The lowest BCUT2D eigenvalue weighted by atomic mass is 9.97. The molecule has 0 spiro atoms. The lowest BCUT2D eigenvalue weighted by molar-refractivity contribution is -0.137. The number of phenols is 6. The number of aromatic hydroxyl groups is 6. The first-order chi connectivity index (χ1) is 46.5. The van der Waals surface area contributed by atoms with E-state index >= 15 is 19.2 Å². The number of amides is 7. The summed E-state index contributed by atoms with van der Waals surface area (Å²) < 4.78 is 18.6. The van der Waals surface area contributed by atoms with Gasteiger partial charge in [0.1, 0.15) is 88.6 Å². The highest BCUT2D eigenvalue weighted by Gasteiger charge is 2.40. The number of hydrogen-bond donors (Lipinski definition) is 18. The van der Waals surface area contributed by atoms with Crippen LogP contribution in [-0.4, -0.2) is 128 Å². The molecule has 7 amide bonds. The van der Waals surface area contributed by atoms with Crippen molar-refractivity contribution in [3.05, 3.63) is 176 Å². The van der Waals surface area contributed by atoms with E-state index in [-0.39, 0.29) is 85.1 Å². The van der Waals surface area contributed by atoms with Crippen LogP contribution in [0.4, 0.5) is 0 Å². The number of carbonyl (C=O) groups excluding carboxylic acids is 7. The van der Waals surface area contributed by atoms with Crippen LogP contribution in [0.15, 0.2) is 127 Å². The molecule has 0 saturated carbocycles. The van der Waals surface area contributed by atoms with Crippen LogP contribution in [0.1, 0.15) is 94.5 Å². The van der Waals surface area contributed by atoms with Crippen LogP contribution in [-0.2, 0) is 40.0 Å². The van der Waals surface area contributed by atoms with E-state index in [0.717, 1.165) is 86.6 Å². The minimum Gasteiger partial charge on any atom is -0.508 e. The van der Waals surface area contributed by atoms with Crippen LogP contribution in [0, 0.1) is 0 Å². The lowest BCUT2D eigenvalue weighted by Crippen LogP contribution is -2.55. The molecule has 0 unspecified atom stereocenters. The Morgan fingerprint density at radius 1 is 0.515 bits per heavy atom. The maximum atomic E-state index is 15.7. The van der Waals surface area contributed by atoms with Gasteiger partial charge in [-0.15, -0.1) is 0 Å². The van der Waals surface area contributed by atoms with Gasteiger partial charge in [-0.25, -0.2) is 0 Å². The molecule has 5 heterocycles. The van der Waals surface area contributed by atoms with E-state index in [1.165, 1.54) is 66.7 Å². The Hall–Kier alpha value is -10.6. The van der Waals surface area contributed by atoms with Gasteiger partial charge in [0.25, 0.3) is 0 Å². The molecule has 30 heteroatoms. The number of aliphatic hydroxyl groups is 1. The van der Waals surface area contributed by atoms with Crippen LogP contribution in [0.2, 0.25) is 10.0 Å². The molecule has 12 rings (SSSR count). The van der Waals surface area contributed by atoms with Crippen molar-refractivity contribution in [1.82, 2.24) is 47.9 Å². The first-order valence-corrected chi connectivity index (χ1v) is 31.4. The Morgan fingerprint density at radius 3 is 1.70 bits per heavy atom. The van der Waals surface area contributed by atoms with E-state index in [4.69, 9.17) is 48.9 Å². The van der Waals surface area contributed by atoms with Crippen molar-refractivity contribution in [1.29, 1.82) is 0 Å². The molecule has 20 N–H and O–H groups in total. The Kier molecular flexibility index (Phi) is 22.0. The third-order valence-corrected chi connectivity index (χ3v) is 16.6. The van der Waals surface area contributed by atoms with Gasteiger partial charge in [-0.3, -0.25) is 33.6 Å². The number of aliphatic hydroxyl groups excluding tert-OH is 1. The fourth-order valence-electron chi connectivity index (χ4n) is 11.0. The number of fused-ring (bicyclic) bond motifs is 15. The maximum Gasteiger partial charge on any atom is 0.248 e. The molecule has 0 aliphatic carbocycles. The minimum atomic E-state index is -2.15. The average Bonchev–Trinajstić information content (AvgIpc) is 0.805. The Morgan fingerprint density at radius 2 is 1.06 bits per heavy atom. The van der Waals surface area contributed by atoms with Gasteiger partial charge in [0.2, 0.25) is 47.1 Å². The van der Waals surface area contributed by atoms with Gasteiger partial charge in [-0.05, 0) is 176 Å². The number of ether oxygens (including phenoxy) is 3. The second-order valence-corrected chi connectivity index (χ2v) is 23.9. The second kappa shape index (κ2) is 30.9. The summed E-state index contributed by atoms with van der Waals surface area (Å²) in [6.07, 6.45) is -0.355. The van der Waals surface area contributed by atoms with E-state index in [0.29, 0.717) is 31.6 Å². The van der Waals surface area contributed by atoms with Crippen molar-refractivity contribution in [2.45, 2.75) is 74.1 Å². The van der Waals surface area contributed by atoms with E-state index < -0.39 is 130 Å². The summed E-state index contributed by atoms with van der Waals surface area (Å²) >= 11 is 13.8. The highest BCUT2D eigenvalue weighted by molar-refractivity contribution is 6.32. The summed E-state index contributed by atoms with van der Waals surface area (Å²) in [5, 5.41) is 103. The Bertz CT molecular complexity index is 4130. The fraction of sp³-hybridized carbons (Fsp3) is 0.269. The zero-order valence-electron chi connectivity index (χ0n) is 51.4. The number of benzene rings is 7. The number of carbonyl (C=O) groups is 7. The molecule has 508 valence electrons. The van der Waals surface area contributed by atoms with E-state index in [2.05, 4.69) is 47.9 Å². The summed E-state index contributed by atoms with van der Waals surface area (Å²) in [7, 11) is 0. The Balaban J connectivity index is 1.07. The highest BCUT2D eigenvalue weighted by atomic mass is 35.5. The van der Waals surface area contributed by atoms with Crippen molar-refractivity contribution >= 4 is 64.6 Å². The molecule has 13 bridgehead atoms. The first-order valence-electron chi connectivity index (χ1n) is 30.6. The largest absolute Gasteiger partial charge is 0.508 e. The SMILES string of the molecule is NCCCNCCCNCCCNC(=O)[C@@H](NC(=O)[C@H]1NC(=O)[C@@H](c2ccc(O)cc2)NC(=O)[C@@H]2NC(=O)[C@H]3NC(=O)[C@@H](Cc4ccc(c(Cl)c4)Oc4cc2cc(c4O)Oc2ccc(cc2Cl)[C@H]1O)NC(=O)[C@H](N)c1ccc(O)c(c1)Oc1cc(O)cc3c1)c1cc(O)cc(O)c1. The topological polar surface area (TPSA) is 449 Å². The molecule has 5 aliphatic heterocycles. The number of hydrogen-bond acceptors (Lipinski definition) is 21. The quantitative estimate of drug-likeness (QED) is 0.0598. The van der Waals surface area contributed by atoms with Gasteiger partial charge < -0.3 is 109 Å². The summed E-state index contributed by atoms with van der Waals surface area (Å²) in [4.78, 5) is 105. The molecule has 0 radical (unpaired) electrons. The molecular formula is C67H69Cl2N11O17. The molecule has 7 aromatic carbocycles. The minimum absolute atomic E-state index is 0.0684. The third-order valence-electron chi connectivity index (χ3n) is 16.0. The smallest absolute Gasteiger partial charge is 0.248 e. The van der Waals surface area contributed by atoms with Crippen molar-refractivity contribution in [3.63, 3.8) is 0 Å². The second-order valence-electron chi connectivity index (χ2n) is 23.1. The van der Waals surface area contributed by atoms with Crippen LogP contribution >= 0.6 is 23.2 Å². The first kappa shape index (κ1) is 69.2. The summed E-state index contributed by atoms with van der Waals surface area (Å²) in [5.74, 6) is -12.7. The normalized spacial score (nSPS) is 19.7. The number of halogens is 2. The van der Waals surface area contributed by atoms with Gasteiger partial charge in [0.05, 0.1) is 10.0 Å². The molecule has 8 atom stereocenters. The van der Waals surface area contributed by atoms with Gasteiger partial charge in [-0.2, -0.15) is 0 Å². The summed E-state index contributed by atoms with van der Waals surface area (Å²) in [5.41, 5.74) is 11.6. The average molecular weight is 1370 g/mol. The molecule has 5 aliphatic rings. The number of nitrogens with two attached hydrogens (primary N) is 2. The lowest BCUT2D eigenvalue weighted by Gasteiger charge is -2.30. The molecular weight excluding hydrogens is 1300 g/mol. The van der Waals surface area contributed by atoms with Crippen LogP contribution in [0.25, 0.3) is 0 Å². The molecule has 28 nitrogen and oxygen atoms in total. The van der Waals surface area contributed by atoms with Crippen LogP contribution < -0.4 is 73.5 Å². The fourth-order valence-corrected chi connectivity index (χ4v) is 11.4. The molecule has 0 saturated heterocycles. The molecule has 0 fully saturated rings. The number of nitrogens with one attached hydrogen (secondary N) is 9. The maximum absolute atomic E-state index is 15.7. The zero-order chi connectivity index (χ0) is 69.2. The number of rotatable bonds is 16. The van der Waals surface area contributed by atoms with E-state index in [9.17, 15) is 50.1 Å². The van der Waals surface area contributed by atoms with Crippen molar-refractivity contribution in [3.8, 4) is 69.0 Å². The van der Waals surface area contributed by atoms with Gasteiger partial charge in [-0.1, -0.05) is 53.5 Å². The Labute approximate surface area is 563 Å². The summed E-state index contributed by atoms with van der Waals surface area (Å²) in [6.45, 7) is 3.35. The van der Waals surface area contributed by atoms with E-state index in [1.54, 1.807) is 0 Å². The molecule has 0 aromatic heterocycles. The van der Waals surface area contributed by atoms with Gasteiger partial charge in [0.15, 0.2) is 23.0 Å². The van der Waals surface area contributed by atoms with Crippen LogP contribution in [0.5, 0.6) is 69.0 Å². The van der Waals surface area contributed by atoms with Crippen LogP contribution in [0.3, 0.4) is 0 Å². The van der Waals surface area contributed by atoms with Gasteiger partial charge >= 0.3 is 0 Å². The summed E-state index contributed by atoms with van der Waals surface area (Å²) in [6, 6.07) is 12.2. The predicted octanol–water partition coefficient (Wildman–Crippen LogP) is 4.34. The van der Waals surface area contributed by atoms with Gasteiger partial charge in [0, 0.05) is 25.1 Å². The standard InChI is InChI=1S/C67H69Cl2N11O17/c68-44-20-32-4-12-48(44)96-51-28-38-29-52(60(51)87)97-49-13-8-35(26-45(49)69)59(86)58(67(94)78-55(36-22-40(82)30-41(83)23-36)63(90)74-19-3-18-73-17-2-16-72-15-1-14-70)80-64(91)54(33-5-9-39(81)10-6-33)77-66(93)57(38)79-65(92)56-37-24-42(84)31-43(25-37)95-50-27-34(7-11-47(50)85)53(71)62(89)75-46(21-32)61(88)76-56/h4-13,20,22-31,46,53-59,72-73,81-87H,1-3,14-19,21,70-71H2,(H,74,90)(H,75,89)(H,76,88)(H,77,93)(H,78,94)(H,79,92)(H,80,91)/t46-,53-,54-,55+,56+,57-,58+,59-/m1/s1. The van der Waals surface area contributed by atoms with Crippen molar-refractivity contribution in [2.24, 2.45) is 11.5 Å². The highest BCUT2D eigenvalue weighted by Crippen LogP contribution is 2.47. The predicted molar refractivity (Wildman–Crippen MR) is 350 cm³/mol. The number of phenolic OH excluding ortho intramolecular Hbond substituents is 6. The molecule has 97 heavy (non-hydrogen) atoms. The monoisotopic (exact) mass is 1370 g/mol. The van der Waals surface area contributed by atoms with Crippen molar-refractivity contribution in [2.75, 3.05) is 39.3 Å².